The number of rotatable bonds is 4. The van der Waals surface area contributed by atoms with Crippen molar-refractivity contribution in [1.82, 2.24) is 4.98 Å². The van der Waals surface area contributed by atoms with E-state index in [1.54, 1.807) is 12.4 Å². The van der Waals surface area contributed by atoms with Crippen LogP contribution in [-0.4, -0.2) is 16.2 Å². The number of nitrogens with zero attached hydrogens (tertiary/aromatic N) is 1. The van der Waals surface area contributed by atoms with Crippen molar-refractivity contribution in [2.45, 2.75) is 18.9 Å². The van der Waals surface area contributed by atoms with Crippen LogP contribution in [-0.2, 0) is 12.8 Å². The smallest absolute Gasteiger partial charge is 0.0621 e. The van der Waals surface area contributed by atoms with Crippen LogP contribution >= 0.6 is 27.5 Å². The van der Waals surface area contributed by atoms with Crippen LogP contribution in [0.5, 0.6) is 0 Å². The molecule has 1 unspecified atom stereocenters. The Balaban J connectivity index is 1.98. The monoisotopic (exact) mass is 325 g/mol. The highest BCUT2D eigenvalue weighted by Crippen LogP contribution is 2.15. The maximum absolute atomic E-state index is 10.1. The lowest BCUT2D eigenvalue weighted by Crippen LogP contribution is -2.14. The van der Waals surface area contributed by atoms with Gasteiger partial charge in [-0.05, 0) is 51.7 Å². The molecule has 1 aromatic carbocycles. The molecule has 0 saturated heterocycles. The summed E-state index contributed by atoms with van der Waals surface area (Å²) >= 11 is 9.28. The van der Waals surface area contributed by atoms with Gasteiger partial charge < -0.3 is 5.11 Å². The maximum Gasteiger partial charge on any atom is 0.0621 e. The summed E-state index contributed by atoms with van der Waals surface area (Å²) in [7, 11) is 0. The molecule has 0 fully saturated rings. The first-order valence-electron chi connectivity index (χ1n) is 5.65. The third-order valence-electron chi connectivity index (χ3n) is 2.59. The summed E-state index contributed by atoms with van der Waals surface area (Å²) in [5.74, 6) is 0. The number of aromatic nitrogens is 1. The maximum atomic E-state index is 10.1. The minimum absolute atomic E-state index is 0.431. The van der Waals surface area contributed by atoms with Gasteiger partial charge in [0.25, 0.3) is 0 Å². The second kappa shape index (κ2) is 6.32. The molecule has 2 nitrogen and oxygen atoms in total. The van der Waals surface area contributed by atoms with E-state index in [9.17, 15) is 5.11 Å². The Kier molecular flexibility index (Phi) is 4.75. The van der Waals surface area contributed by atoms with E-state index in [1.807, 2.05) is 30.3 Å². The largest absolute Gasteiger partial charge is 0.392 e. The van der Waals surface area contributed by atoms with E-state index < -0.39 is 6.10 Å². The molecule has 0 spiro atoms. The van der Waals surface area contributed by atoms with Crippen molar-refractivity contribution in [3.63, 3.8) is 0 Å². The Morgan fingerprint density at radius 1 is 1.17 bits per heavy atom. The fourth-order valence-electron chi connectivity index (χ4n) is 1.85. The molecule has 1 aromatic heterocycles. The van der Waals surface area contributed by atoms with Crippen LogP contribution in [0.15, 0.2) is 47.2 Å². The van der Waals surface area contributed by atoms with Gasteiger partial charge in [0.2, 0.25) is 0 Å². The van der Waals surface area contributed by atoms with E-state index in [0.29, 0.717) is 17.9 Å². The van der Waals surface area contributed by atoms with Crippen molar-refractivity contribution in [2.75, 3.05) is 0 Å². The predicted octanol–water partition coefficient (Wildman–Crippen LogP) is 3.64. The summed E-state index contributed by atoms with van der Waals surface area (Å²) in [5, 5.41) is 10.7. The minimum atomic E-state index is -0.431. The Hall–Kier alpha value is -0.900. The van der Waals surface area contributed by atoms with Crippen LogP contribution in [0.1, 0.15) is 11.1 Å². The zero-order valence-electron chi connectivity index (χ0n) is 9.68. The van der Waals surface area contributed by atoms with Crippen molar-refractivity contribution < 1.29 is 5.11 Å². The molecule has 0 radical (unpaired) electrons. The zero-order chi connectivity index (χ0) is 13.0. The SMILES string of the molecule is OC(Cc1cccc(Cl)c1)Cc1cncc(Br)c1. The highest BCUT2D eigenvalue weighted by atomic mass is 79.9. The van der Waals surface area contributed by atoms with Crippen LogP contribution in [0.4, 0.5) is 0 Å². The molecule has 18 heavy (non-hydrogen) atoms. The van der Waals surface area contributed by atoms with Gasteiger partial charge >= 0.3 is 0 Å². The molecule has 0 aliphatic rings. The molecular weight excluding hydrogens is 314 g/mol. The van der Waals surface area contributed by atoms with Gasteiger partial charge in [-0.3, -0.25) is 4.98 Å². The first-order chi connectivity index (χ1) is 8.63. The summed E-state index contributed by atoms with van der Waals surface area (Å²) < 4.78 is 0.926. The van der Waals surface area contributed by atoms with Gasteiger partial charge in [0.15, 0.2) is 0 Å². The van der Waals surface area contributed by atoms with Gasteiger partial charge in [0.1, 0.15) is 0 Å². The molecule has 0 aliphatic heterocycles. The molecule has 0 saturated carbocycles. The summed E-state index contributed by atoms with van der Waals surface area (Å²) in [6.07, 6.45) is 4.24. The standard InChI is InChI=1S/C14H13BrClNO/c15-12-4-11(8-17-9-12)7-14(18)6-10-2-1-3-13(16)5-10/h1-5,8-9,14,18H,6-7H2. The highest BCUT2D eigenvalue weighted by molar-refractivity contribution is 9.10. The van der Waals surface area contributed by atoms with Gasteiger partial charge in [-0.15, -0.1) is 0 Å². The summed E-state index contributed by atoms with van der Waals surface area (Å²) in [5.41, 5.74) is 2.05. The fraction of sp³-hybridized carbons (Fsp3) is 0.214. The van der Waals surface area contributed by atoms with Gasteiger partial charge in [-0.25, -0.2) is 0 Å². The Labute approximate surface area is 120 Å². The van der Waals surface area contributed by atoms with Gasteiger partial charge in [0.05, 0.1) is 6.10 Å². The average molecular weight is 327 g/mol. The summed E-state index contributed by atoms with van der Waals surface area (Å²) in [6, 6.07) is 9.53. The number of halogens is 2. The van der Waals surface area contributed by atoms with E-state index in [0.717, 1.165) is 15.6 Å². The molecule has 1 atom stereocenters. The van der Waals surface area contributed by atoms with E-state index in [1.165, 1.54) is 0 Å². The minimum Gasteiger partial charge on any atom is -0.392 e. The van der Waals surface area contributed by atoms with Gasteiger partial charge in [0, 0.05) is 28.3 Å². The number of hydrogen-bond acceptors (Lipinski definition) is 2. The normalized spacial score (nSPS) is 12.4. The number of aliphatic hydroxyl groups is 1. The number of benzene rings is 1. The highest BCUT2D eigenvalue weighted by Gasteiger charge is 2.08. The molecule has 0 bridgehead atoms. The second-order valence-corrected chi connectivity index (χ2v) is 5.56. The lowest BCUT2D eigenvalue weighted by Gasteiger charge is -2.11. The molecule has 2 aromatic rings. The van der Waals surface area contributed by atoms with Crippen LogP contribution in [0.25, 0.3) is 0 Å². The van der Waals surface area contributed by atoms with Crippen LogP contribution in [0.3, 0.4) is 0 Å². The summed E-state index contributed by atoms with van der Waals surface area (Å²) in [4.78, 5) is 4.08. The van der Waals surface area contributed by atoms with E-state index >= 15 is 0 Å². The van der Waals surface area contributed by atoms with Crippen LogP contribution in [0.2, 0.25) is 5.02 Å². The Morgan fingerprint density at radius 2 is 1.94 bits per heavy atom. The number of pyridine rings is 1. The molecule has 94 valence electrons. The molecule has 2 rings (SSSR count). The molecule has 1 N–H and O–H groups in total. The Bertz CT molecular complexity index is 485. The van der Waals surface area contributed by atoms with Crippen LogP contribution in [0, 0.1) is 0 Å². The van der Waals surface area contributed by atoms with Crippen molar-refractivity contribution in [3.8, 4) is 0 Å². The van der Waals surface area contributed by atoms with E-state index in [2.05, 4.69) is 20.9 Å². The van der Waals surface area contributed by atoms with Crippen molar-refractivity contribution in [3.05, 3.63) is 63.3 Å². The first kappa shape index (κ1) is 13.5. The topological polar surface area (TPSA) is 33.1 Å². The molecule has 0 amide bonds. The molecule has 4 heteroatoms. The molecule has 0 aliphatic carbocycles. The van der Waals surface area contributed by atoms with E-state index in [-0.39, 0.29) is 0 Å². The molecular formula is C14H13BrClNO. The third-order valence-corrected chi connectivity index (χ3v) is 3.26. The van der Waals surface area contributed by atoms with E-state index in [4.69, 9.17) is 11.6 Å². The first-order valence-corrected chi connectivity index (χ1v) is 6.82. The fourth-order valence-corrected chi connectivity index (χ4v) is 2.47. The number of hydrogen-bond donors (Lipinski definition) is 1. The second-order valence-electron chi connectivity index (χ2n) is 4.20. The lowest BCUT2D eigenvalue weighted by atomic mass is 10.0. The third kappa shape index (κ3) is 4.09. The zero-order valence-corrected chi connectivity index (χ0v) is 12.0. The van der Waals surface area contributed by atoms with Crippen molar-refractivity contribution in [1.29, 1.82) is 0 Å². The predicted molar refractivity (Wildman–Crippen MR) is 76.8 cm³/mol. The average Bonchev–Trinajstić information content (AvgIpc) is 2.28. The van der Waals surface area contributed by atoms with Crippen molar-refractivity contribution in [2.24, 2.45) is 0 Å². The van der Waals surface area contributed by atoms with Gasteiger partial charge in [-0.1, -0.05) is 23.7 Å². The van der Waals surface area contributed by atoms with Crippen LogP contribution < -0.4 is 0 Å². The Morgan fingerprint density at radius 3 is 2.67 bits per heavy atom. The summed E-state index contributed by atoms with van der Waals surface area (Å²) in [6.45, 7) is 0. The number of aliphatic hydroxyl groups excluding tert-OH is 1. The molecule has 1 heterocycles. The quantitative estimate of drug-likeness (QED) is 0.930. The van der Waals surface area contributed by atoms with Crippen molar-refractivity contribution >= 4 is 27.5 Å². The van der Waals surface area contributed by atoms with Gasteiger partial charge in [-0.2, -0.15) is 0 Å². The lowest BCUT2D eigenvalue weighted by molar-refractivity contribution is 0.175.